The van der Waals surface area contributed by atoms with Gasteiger partial charge in [0.1, 0.15) is 16.7 Å². The summed E-state index contributed by atoms with van der Waals surface area (Å²) >= 11 is 0. The second-order valence-electron chi connectivity index (χ2n) is 4.71. The first-order chi connectivity index (χ1) is 10.0. The molecule has 2 heterocycles. The Morgan fingerprint density at radius 1 is 1.29 bits per heavy atom. The van der Waals surface area contributed by atoms with Crippen LogP contribution in [0.5, 0.6) is 0 Å². The minimum Gasteiger partial charge on any atom is -0.399 e. The van der Waals surface area contributed by atoms with Crippen molar-refractivity contribution in [2.75, 3.05) is 16.6 Å². The highest BCUT2D eigenvalue weighted by Crippen LogP contribution is 2.33. The zero-order valence-electron chi connectivity index (χ0n) is 11.0. The summed E-state index contributed by atoms with van der Waals surface area (Å²) in [6.07, 6.45) is 1.84. The first-order valence-corrected chi connectivity index (χ1v) is 7.73. The van der Waals surface area contributed by atoms with Crippen LogP contribution < -0.4 is 10.0 Å². The number of fused-ring (bicyclic) bond motifs is 1. The SMILES string of the molecule is N#Cc1ccc(S(=O)(=O)N2CCc3cc(N)ccc32)cn1. The fraction of sp³-hybridized carbons (Fsp3) is 0.143. The highest BCUT2D eigenvalue weighted by atomic mass is 32.2. The van der Waals surface area contributed by atoms with Crippen LogP contribution in [0.15, 0.2) is 41.4 Å². The van der Waals surface area contributed by atoms with E-state index in [0.717, 1.165) is 5.56 Å². The number of hydrogen-bond donors (Lipinski definition) is 1. The summed E-state index contributed by atoms with van der Waals surface area (Å²) in [7, 11) is -3.67. The molecule has 3 rings (SSSR count). The van der Waals surface area contributed by atoms with E-state index in [1.807, 2.05) is 6.07 Å². The van der Waals surface area contributed by atoms with Crippen LogP contribution >= 0.6 is 0 Å². The lowest BCUT2D eigenvalue weighted by Crippen LogP contribution is -2.29. The van der Waals surface area contributed by atoms with E-state index in [-0.39, 0.29) is 10.6 Å². The van der Waals surface area contributed by atoms with E-state index >= 15 is 0 Å². The second kappa shape index (κ2) is 4.75. The quantitative estimate of drug-likeness (QED) is 0.842. The molecule has 1 aromatic heterocycles. The monoisotopic (exact) mass is 300 g/mol. The highest BCUT2D eigenvalue weighted by molar-refractivity contribution is 7.92. The summed E-state index contributed by atoms with van der Waals surface area (Å²) in [6, 6.07) is 9.85. The van der Waals surface area contributed by atoms with Crippen LogP contribution in [0.3, 0.4) is 0 Å². The number of aromatic nitrogens is 1. The molecule has 106 valence electrons. The molecule has 2 aromatic rings. The lowest BCUT2D eigenvalue weighted by molar-refractivity contribution is 0.592. The van der Waals surface area contributed by atoms with Crippen LogP contribution in [0.25, 0.3) is 0 Å². The van der Waals surface area contributed by atoms with Crippen molar-refractivity contribution in [1.82, 2.24) is 4.98 Å². The van der Waals surface area contributed by atoms with Crippen molar-refractivity contribution in [3.05, 3.63) is 47.8 Å². The third-order valence-electron chi connectivity index (χ3n) is 3.40. The van der Waals surface area contributed by atoms with E-state index in [1.165, 1.54) is 22.6 Å². The van der Waals surface area contributed by atoms with Gasteiger partial charge in [-0.25, -0.2) is 13.4 Å². The number of hydrogen-bond acceptors (Lipinski definition) is 5. The number of rotatable bonds is 2. The van der Waals surface area contributed by atoms with E-state index in [1.54, 1.807) is 18.2 Å². The Balaban J connectivity index is 2.03. The summed E-state index contributed by atoms with van der Waals surface area (Å²) in [5, 5.41) is 8.71. The summed E-state index contributed by atoms with van der Waals surface area (Å²) < 4.78 is 26.7. The van der Waals surface area contributed by atoms with Crippen LogP contribution in [0.2, 0.25) is 0 Å². The minimum absolute atomic E-state index is 0.0752. The summed E-state index contributed by atoms with van der Waals surface area (Å²) in [5.74, 6) is 0. The van der Waals surface area contributed by atoms with Crippen molar-refractivity contribution in [2.45, 2.75) is 11.3 Å². The molecule has 1 aromatic carbocycles. The Hall–Kier alpha value is -2.59. The number of anilines is 2. The Labute approximate surface area is 122 Å². The van der Waals surface area contributed by atoms with Gasteiger partial charge in [-0.3, -0.25) is 4.31 Å². The Bertz CT molecular complexity index is 838. The fourth-order valence-electron chi connectivity index (χ4n) is 2.37. The van der Waals surface area contributed by atoms with Crippen LogP contribution in [-0.2, 0) is 16.4 Å². The molecule has 0 radical (unpaired) electrons. The normalized spacial score (nSPS) is 13.8. The van der Waals surface area contributed by atoms with Gasteiger partial charge in [0.15, 0.2) is 0 Å². The van der Waals surface area contributed by atoms with E-state index in [9.17, 15) is 8.42 Å². The summed E-state index contributed by atoms with van der Waals surface area (Å²) in [6.45, 7) is 0.376. The third-order valence-corrected chi connectivity index (χ3v) is 5.19. The van der Waals surface area contributed by atoms with Crippen LogP contribution in [0.4, 0.5) is 11.4 Å². The van der Waals surface area contributed by atoms with Gasteiger partial charge in [0.25, 0.3) is 10.0 Å². The molecule has 0 spiro atoms. The average molecular weight is 300 g/mol. The zero-order valence-corrected chi connectivity index (χ0v) is 11.8. The zero-order chi connectivity index (χ0) is 15.0. The Morgan fingerprint density at radius 2 is 2.10 bits per heavy atom. The molecular formula is C14H12N4O2S. The van der Waals surface area contributed by atoms with Gasteiger partial charge in [0.05, 0.1) is 5.69 Å². The van der Waals surface area contributed by atoms with Crippen molar-refractivity contribution < 1.29 is 8.42 Å². The van der Waals surface area contributed by atoms with Gasteiger partial charge in [-0.1, -0.05) is 0 Å². The predicted octanol–water partition coefficient (Wildman–Crippen LogP) is 1.29. The molecule has 0 saturated carbocycles. The van der Waals surface area contributed by atoms with Crippen LogP contribution in [0, 0.1) is 11.3 Å². The van der Waals surface area contributed by atoms with Crippen molar-refractivity contribution in [2.24, 2.45) is 0 Å². The summed E-state index contributed by atoms with van der Waals surface area (Å²) in [5.41, 5.74) is 8.09. The molecule has 0 atom stereocenters. The fourth-order valence-corrected chi connectivity index (χ4v) is 3.82. The Kier molecular flexibility index (Phi) is 3.03. The van der Waals surface area contributed by atoms with Gasteiger partial charge >= 0.3 is 0 Å². The van der Waals surface area contributed by atoms with Crippen LogP contribution in [0.1, 0.15) is 11.3 Å². The smallest absolute Gasteiger partial charge is 0.265 e. The standard InChI is InChI=1S/C14H12N4O2S/c15-8-12-2-3-13(9-17-12)21(19,20)18-6-5-10-7-11(16)1-4-14(10)18/h1-4,7,9H,5-6,16H2. The maximum Gasteiger partial charge on any atom is 0.265 e. The van der Waals surface area contributed by atoms with Gasteiger partial charge in [-0.05, 0) is 42.3 Å². The van der Waals surface area contributed by atoms with Gasteiger partial charge in [-0.2, -0.15) is 5.26 Å². The van der Waals surface area contributed by atoms with Gasteiger partial charge in [-0.15, -0.1) is 0 Å². The lowest BCUT2D eigenvalue weighted by Gasteiger charge is -2.19. The van der Waals surface area contributed by atoms with Crippen molar-refractivity contribution in [3.8, 4) is 6.07 Å². The Morgan fingerprint density at radius 3 is 2.76 bits per heavy atom. The third kappa shape index (κ3) is 2.19. The molecule has 0 bridgehead atoms. The van der Waals surface area contributed by atoms with Gasteiger partial charge in [0, 0.05) is 18.4 Å². The number of nitrogen functional groups attached to an aromatic ring is 1. The molecule has 0 saturated heterocycles. The van der Waals surface area contributed by atoms with Crippen LogP contribution in [-0.4, -0.2) is 19.9 Å². The van der Waals surface area contributed by atoms with Gasteiger partial charge < -0.3 is 5.73 Å². The average Bonchev–Trinajstić information content (AvgIpc) is 2.91. The number of nitrogens with two attached hydrogens (primary N) is 1. The molecule has 1 aliphatic rings. The summed E-state index contributed by atoms with van der Waals surface area (Å²) in [4.78, 5) is 3.89. The predicted molar refractivity (Wildman–Crippen MR) is 78.0 cm³/mol. The maximum absolute atomic E-state index is 12.7. The molecule has 0 aliphatic carbocycles. The molecular weight excluding hydrogens is 288 g/mol. The second-order valence-corrected chi connectivity index (χ2v) is 6.57. The molecule has 21 heavy (non-hydrogen) atoms. The minimum atomic E-state index is -3.67. The topological polar surface area (TPSA) is 100 Å². The van der Waals surface area contributed by atoms with E-state index in [4.69, 9.17) is 11.0 Å². The molecule has 0 amide bonds. The largest absolute Gasteiger partial charge is 0.399 e. The number of benzene rings is 1. The van der Waals surface area contributed by atoms with E-state index in [0.29, 0.717) is 24.3 Å². The molecule has 7 heteroatoms. The van der Waals surface area contributed by atoms with Crippen molar-refractivity contribution in [1.29, 1.82) is 5.26 Å². The number of pyridine rings is 1. The number of sulfonamides is 1. The maximum atomic E-state index is 12.7. The number of nitrogens with zero attached hydrogens (tertiary/aromatic N) is 3. The molecule has 0 fully saturated rings. The van der Waals surface area contributed by atoms with E-state index in [2.05, 4.69) is 4.98 Å². The molecule has 6 nitrogen and oxygen atoms in total. The highest BCUT2D eigenvalue weighted by Gasteiger charge is 2.31. The van der Waals surface area contributed by atoms with E-state index < -0.39 is 10.0 Å². The first-order valence-electron chi connectivity index (χ1n) is 6.29. The lowest BCUT2D eigenvalue weighted by atomic mass is 10.1. The van der Waals surface area contributed by atoms with Gasteiger partial charge in [0.2, 0.25) is 0 Å². The molecule has 2 N–H and O–H groups in total. The van der Waals surface area contributed by atoms with Crippen molar-refractivity contribution >= 4 is 21.4 Å². The molecule has 0 unspecified atom stereocenters. The number of nitriles is 1. The van der Waals surface area contributed by atoms with Crippen molar-refractivity contribution in [3.63, 3.8) is 0 Å². The first kappa shape index (κ1) is 13.4. The molecule has 1 aliphatic heterocycles.